The van der Waals surface area contributed by atoms with E-state index in [1.807, 2.05) is 19.1 Å². The van der Waals surface area contributed by atoms with Crippen LogP contribution in [-0.2, 0) is 6.42 Å². The van der Waals surface area contributed by atoms with E-state index in [9.17, 15) is 4.79 Å². The Morgan fingerprint density at radius 3 is 2.67 bits per heavy atom. The number of aryl methyl sites for hydroxylation is 1. The number of hydrogen-bond donors (Lipinski definition) is 3. The molecule has 3 aromatic rings. The van der Waals surface area contributed by atoms with Crippen LogP contribution in [0.1, 0.15) is 23.2 Å². The van der Waals surface area contributed by atoms with Crippen LogP contribution in [0.3, 0.4) is 0 Å². The van der Waals surface area contributed by atoms with Gasteiger partial charge < -0.3 is 10.6 Å². The van der Waals surface area contributed by atoms with E-state index in [-0.39, 0.29) is 5.56 Å². The SMILES string of the molecule is Cc1ccc(Cc2cnc(NCCCNc3ncccc3Cl)[nH]c2=O)cn1. The lowest BCUT2D eigenvalue weighted by Crippen LogP contribution is -2.18. The minimum Gasteiger partial charge on any atom is -0.369 e. The zero-order valence-electron chi connectivity index (χ0n) is 15.0. The van der Waals surface area contributed by atoms with Crippen molar-refractivity contribution < 1.29 is 0 Å². The molecule has 0 unspecified atom stereocenters. The van der Waals surface area contributed by atoms with Crippen LogP contribution < -0.4 is 16.2 Å². The second kappa shape index (κ2) is 9.14. The largest absolute Gasteiger partial charge is 0.369 e. The molecular weight excluding hydrogens is 364 g/mol. The number of anilines is 2. The molecule has 0 saturated carbocycles. The Labute approximate surface area is 162 Å². The minimum atomic E-state index is -0.147. The summed E-state index contributed by atoms with van der Waals surface area (Å²) in [5, 5.41) is 6.88. The van der Waals surface area contributed by atoms with E-state index in [4.69, 9.17) is 11.6 Å². The van der Waals surface area contributed by atoms with Crippen molar-refractivity contribution in [3.8, 4) is 0 Å². The summed E-state index contributed by atoms with van der Waals surface area (Å²) in [6, 6.07) is 7.47. The van der Waals surface area contributed by atoms with Crippen LogP contribution in [-0.4, -0.2) is 33.0 Å². The Kier molecular flexibility index (Phi) is 6.38. The lowest BCUT2D eigenvalue weighted by Gasteiger charge is -2.08. The number of rotatable bonds is 8. The highest BCUT2D eigenvalue weighted by Crippen LogP contribution is 2.16. The maximum absolute atomic E-state index is 12.2. The van der Waals surface area contributed by atoms with Gasteiger partial charge >= 0.3 is 0 Å². The van der Waals surface area contributed by atoms with Gasteiger partial charge in [0, 0.05) is 49.4 Å². The first-order valence-corrected chi connectivity index (χ1v) is 9.07. The van der Waals surface area contributed by atoms with Crippen molar-refractivity contribution >= 4 is 23.4 Å². The third-order valence-corrected chi connectivity index (χ3v) is 4.24. The van der Waals surface area contributed by atoms with E-state index in [1.165, 1.54) is 0 Å². The minimum absolute atomic E-state index is 0.147. The van der Waals surface area contributed by atoms with E-state index in [2.05, 4.69) is 30.6 Å². The van der Waals surface area contributed by atoms with Gasteiger partial charge in [-0.05, 0) is 37.1 Å². The van der Waals surface area contributed by atoms with E-state index >= 15 is 0 Å². The highest BCUT2D eigenvalue weighted by molar-refractivity contribution is 6.32. The standard InChI is InChI=1S/C19H21ClN6O/c1-13-5-6-14(11-24-13)10-15-12-25-19(26-18(15)27)23-9-3-8-22-17-16(20)4-2-7-21-17/h2,4-7,11-12H,3,8-10H2,1H3,(H,21,22)(H2,23,25,26,27). The van der Waals surface area contributed by atoms with Gasteiger partial charge in [0.15, 0.2) is 0 Å². The first kappa shape index (κ1) is 18.8. The van der Waals surface area contributed by atoms with Crippen LogP contribution in [0, 0.1) is 6.92 Å². The van der Waals surface area contributed by atoms with Crippen LogP contribution in [0.5, 0.6) is 0 Å². The molecule has 0 spiro atoms. The van der Waals surface area contributed by atoms with Gasteiger partial charge in [-0.15, -0.1) is 0 Å². The lowest BCUT2D eigenvalue weighted by atomic mass is 10.1. The van der Waals surface area contributed by atoms with Gasteiger partial charge in [0.1, 0.15) is 5.82 Å². The summed E-state index contributed by atoms with van der Waals surface area (Å²) in [5.41, 5.74) is 2.39. The maximum atomic E-state index is 12.2. The monoisotopic (exact) mass is 384 g/mol. The van der Waals surface area contributed by atoms with Crippen molar-refractivity contribution in [2.75, 3.05) is 23.7 Å². The normalized spacial score (nSPS) is 10.6. The number of pyridine rings is 2. The number of nitrogens with zero attached hydrogens (tertiary/aromatic N) is 3. The number of aromatic amines is 1. The fraction of sp³-hybridized carbons (Fsp3) is 0.263. The Hall–Kier alpha value is -2.93. The van der Waals surface area contributed by atoms with E-state index in [0.29, 0.717) is 41.9 Å². The quantitative estimate of drug-likeness (QED) is 0.517. The average molecular weight is 385 g/mol. The van der Waals surface area contributed by atoms with Gasteiger partial charge in [-0.3, -0.25) is 14.8 Å². The smallest absolute Gasteiger partial charge is 0.255 e. The molecule has 0 aliphatic rings. The zero-order valence-corrected chi connectivity index (χ0v) is 15.8. The summed E-state index contributed by atoms with van der Waals surface area (Å²) < 4.78 is 0. The van der Waals surface area contributed by atoms with Gasteiger partial charge in [-0.2, -0.15) is 0 Å². The molecule has 3 N–H and O–H groups in total. The average Bonchev–Trinajstić information content (AvgIpc) is 2.67. The molecule has 0 fully saturated rings. The highest BCUT2D eigenvalue weighted by Gasteiger charge is 2.05. The van der Waals surface area contributed by atoms with Crippen LogP contribution in [0.15, 0.2) is 47.7 Å². The Balaban J connectivity index is 1.47. The summed E-state index contributed by atoms with van der Waals surface area (Å²) in [7, 11) is 0. The number of hydrogen-bond acceptors (Lipinski definition) is 6. The molecule has 0 bridgehead atoms. The molecule has 140 valence electrons. The van der Waals surface area contributed by atoms with Gasteiger partial charge in [-0.1, -0.05) is 17.7 Å². The molecule has 8 heteroatoms. The second-order valence-electron chi connectivity index (χ2n) is 6.11. The molecule has 3 heterocycles. The van der Waals surface area contributed by atoms with E-state index in [0.717, 1.165) is 17.7 Å². The van der Waals surface area contributed by atoms with E-state index < -0.39 is 0 Å². The maximum Gasteiger partial charge on any atom is 0.255 e. The van der Waals surface area contributed by atoms with Crippen molar-refractivity contribution in [2.45, 2.75) is 19.8 Å². The van der Waals surface area contributed by atoms with Crippen LogP contribution in [0.25, 0.3) is 0 Å². The summed E-state index contributed by atoms with van der Waals surface area (Å²) >= 11 is 6.04. The fourth-order valence-corrected chi connectivity index (χ4v) is 2.67. The molecule has 0 atom stereocenters. The van der Waals surface area contributed by atoms with Gasteiger partial charge in [0.25, 0.3) is 5.56 Å². The van der Waals surface area contributed by atoms with Crippen molar-refractivity contribution in [3.63, 3.8) is 0 Å². The van der Waals surface area contributed by atoms with Crippen LogP contribution >= 0.6 is 11.6 Å². The molecule has 0 aliphatic carbocycles. The number of halogens is 1. The van der Waals surface area contributed by atoms with Gasteiger partial charge in [0.2, 0.25) is 5.95 Å². The lowest BCUT2D eigenvalue weighted by molar-refractivity contribution is 0.884. The molecular formula is C19H21ClN6O. The molecule has 0 radical (unpaired) electrons. The highest BCUT2D eigenvalue weighted by atomic mass is 35.5. The Morgan fingerprint density at radius 1 is 1.07 bits per heavy atom. The third-order valence-electron chi connectivity index (χ3n) is 3.94. The summed E-state index contributed by atoms with van der Waals surface area (Å²) in [5.74, 6) is 1.13. The predicted molar refractivity (Wildman–Crippen MR) is 107 cm³/mol. The molecule has 27 heavy (non-hydrogen) atoms. The molecule has 3 rings (SSSR count). The second-order valence-corrected chi connectivity index (χ2v) is 6.52. The summed E-state index contributed by atoms with van der Waals surface area (Å²) in [4.78, 5) is 27.7. The third kappa shape index (κ3) is 5.52. The molecule has 0 amide bonds. The van der Waals surface area contributed by atoms with Gasteiger partial charge in [-0.25, -0.2) is 9.97 Å². The molecule has 0 aliphatic heterocycles. The molecule has 3 aromatic heterocycles. The first-order chi connectivity index (χ1) is 13.1. The van der Waals surface area contributed by atoms with E-state index in [1.54, 1.807) is 30.7 Å². The molecule has 0 aromatic carbocycles. The first-order valence-electron chi connectivity index (χ1n) is 8.70. The van der Waals surface area contributed by atoms with Crippen LogP contribution in [0.4, 0.5) is 11.8 Å². The van der Waals surface area contributed by atoms with Crippen molar-refractivity contribution in [1.82, 2.24) is 19.9 Å². The zero-order chi connectivity index (χ0) is 19.1. The number of aromatic nitrogens is 4. The van der Waals surface area contributed by atoms with Crippen molar-refractivity contribution in [2.24, 2.45) is 0 Å². The molecule has 0 saturated heterocycles. The fourth-order valence-electron chi connectivity index (χ4n) is 2.48. The van der Waals surface area contributed by atoms with Crippen LogP contribution in [0.2, 0.25) is 5.02 Å². The van der Waals surface area contributed by atoms with Crippen molar-refractivity contribution in [1.29, 1.82) is 0 Å². The summed E-state index contributed by atoms with van der Waals surface area (Å²) in [6.45, 7) is 3.28. The molecule has 7 nitrogen and oxygen atoms in total. The number of H-pyrrole nitrogens is 1. The van der Waals surface area contributed by atoms with Gasteiger partial charge in [0.05, 0.1) is 5.02 Å². The predicted octanol–water partition coefficient (Wildman–Crippen LogP) is 3.03. The summed E-state index contributed by atoms with van der Waals surface area (Å²) in [6.07, 6.45) is 6.39. The Morgan fingerprint density at radius 2 is 1.93 bits per heavy atom. The van der Waals surface area contributed by atoms with Crippen molar-refractivity contribution in [3.05, 3.63) is 75.1 Å². The topological polar surface area (TPSA) is 95.6 Å². The number of nitrogens with one attached hydrogen (secondary N) is 3. The Bertz CT molecular complexity index is 941.